The Labute approximate surface area is 123 Å². The number of anilines is 1. The highest BCUT2D eigenvalue weighted by molar-refractivity contribution is 6.05. The van der Waals surface area contributed by atoms with Crippen molar-refractivity contribution in [1.82, 2.24) is 5.32 Å². The van der Waals surface area contributed by atoms with E-state index in [1.54, 1.807) is 0 Å². The highest BCUT2D eigenvalue weighted by atomic mass is 16.1. The first kappa shape index (κ1) is 13.4. The average molecular weight is 279 g/mol. The van der Waals surface area contributed by atoms with E-state index in [2.05, 4.69) is 15.6 Å². The molecule has 0 aromatic heterocycles. The number of benzene rings is 2. The van der Waals surface area contributed by atoms with Gasteiger partial charge < -0.3 is 10.6 Å². The average Bonchev–Trinajstić information content (AvgIpc) is 3.02. The zero-order chi connectivity index (χ0) is 14.7. The molecule has 106 valence electrons. The molecule has 0 saturated carbocycles. The Morgan fingerprint density at radius 2 is 2.00 bits per heavy atom. The molecule has 0 atom stereocenters. The van der Waals surface area contributed by atoms with E-state index in [9.17, 15) is 4.79 Å². The number of amides is 1. The lowest BCUT2D eigenvalue weighted by Crippen LogP contribution is -2.19. The standard InChI is InChI=1S/C17H17N3O/c1-12-3-2-4-14(11-12)17(21)20-15-7-5-13(6-8-15)16-18-9-10-19-16/h2-8,11H,9-10H2,1H3,(H,18,19)(H,20,21). The highest BCUT2D eigenvalue weighted by Crippen LogP contribution is 2.13. The van der Waals surface area contributed by atoms with Crippen LogP contribution in [-0.4, -0.2) is 24.8 Å². The summed E-state index contributed by atoms with van der Waals surface area (Å²) >= 11 is 0. The third-order valence-electron chi connectivity index (χ3n) is 3.37. The van der Waals surface area contributed by atoms with Gasteiger partial charge in [-0.1, -0.05) is 17.7 Å². The van der Waals surface area contributed by atoms with E-state index >= 15 is 0 Å². The smallest absolute Gasteiger partial charge is 0.255 e. The van der Waals surface area contributed by atoms with Crippen LogP contribution in [0, 0.1) is 6.92 Å². The molecule has 21 heavy (non-hydrogen) atoms. The zero-order valence-electron chi connectivity index (χ0n) is 11.9. The van der Waals surface area contributed by atoms with Crippen molar-refractivity contribution in [3.63, 3.8) is 0 Å². The molecule has 0 unspecified atom stereocenters. The van der Waals surface area contributed by atoms with Crippen LogP contribution < -0.4 is 10.6 Å². The Bertz CT molecular complexity index is 689. The zero-order valence-corrected chi connectivity index (χ0v) is 11.9. The fourth-order valence-electron chi connectivity index (χ4n) is 2.29. The normalized spacial score (nSPS) is 13.5. The van der Waals surface area contributed by atoms with Gasteiger partial charge in [0, 0.05) is 23.4 Å². The van der Waals surface area contributed by atoms with Crippen LogP contribution in [0.1, 0.15) is 21.5 Å². The molecule has 1 heterocycles. The van der Waals surface area contributed by atoms with Crippen molar-refractivity contribution in [1.29, 1.82) is 0 Å². The van der Waals surface area contributed by atoms with Gasteiger partial charge in [-0.3, -0.25) is 9.79 Å². The van der Waals surface area contributed by atoms with E-state index in [4.69, 9.17) is 0 Å². The summed E-state index contributed by atoms with van der Waals surface area (Å²) in [6.45, 7) is 3.68. The predicted molar refractivity (Wildman–Crippen MR) is 85.0 cm³/mol. The van der Waals surface area contributed by atoms with E-state index in [-0.39, 0.29) is 5.91 Å². The Balaban J connectivity index is 1.71. The molecule has 2 aromatic rings. The van der Waals surface area contributed by atoms with Crippen LogP contribution >= 0.6 is 0 Å². The second kappa shape index (κ2) is 5.79. The van der Waals surface area contributed by atoms with E-state index in [1.165, 1.54) is 0 Å². The van der Waals surface area contributed by atoms with Crippen molar-refractivity contribution in [2.45, 2.75) is 6.92 Å². The van der Waals surface area contributed by atoms with Crippen molar-refractivity contribution in [3.05, 3.63) is 65.2 Å². The second-order valence-electron chi connectivity index (χ2n) is 5.06. The SMILES string of the molecule is Cc1cccc(C(=O)Nc2ccc(C3=NCCN3)cc2)c1. The van der Waals surface area contributed by atoms with Crippen LogP contribution in [0.15, 0.2) is 53.5 Å². The maximum absolute atomic E-state index is 12.2. The van der Waals surface area contributed by atoms with Gasteiger partial charge >= 0.3 is 0 Å². The third-order valence-corrected chi connectivity index (χ3v) is 3.37. The summed E-state index contributed by atoms with van der Waals surface area (Å²) in [7, 11) is 0. The second-order valence-corrected chi connectivity index (χ2v) is 5.06. The maximum atomic E-state index is 12.2. The lowest BCUT2D eigenvalue weighted by atomic mass is 10.1. The topological polar surface area (TPSA) is 53.5 Å². The third kappa shape index (κ3) is 3.11. The van der Waals surface area contributed by atoms with Crippen LogP contribution in [0.3, 0.4) is 0 Å². The molecule has 2 aromatic carbocycles. The summed E-state index contributed by atoms with van der Waals surface area (Å²) < 4.78 is 0. The molecule has 4 heteroatoms. The minimum atomic E-state index is -0.0946. The van der Waals surface area contributed by atoms with Crippen molar-refractivity contribution in [2.24, 2.45) is 4.99 Å². The van der Waals surface area contributed by atoms with Gasteiger partial charge in [0.1, 0.15) is 5.84 Å². The molecular formula is C17H17N3O. The number of rotatable bonds is 3. The highest BCUT2D eigenvalue weighted by Gasteiger charge is 2.09. The molecule has 0 fully saturated rings. The molecular weight excluding hydrogens is 262 g/mol. The fraction of sp³-hybridized carbons (Fsp3) is 0.176. The van der Waals surface area contributed by atoms with Gasteiger partial charge in [0.15, 0.2) is 0 Å². The first-order valence-corrected chi connectivity index (χ1v) is 6.99. The molecule has 0 radical (unpaired) electrons. The van der Waals surface area contributed by atoms with Crippen LogP contribution in [0.4, 0.5) is 5.69 Å². The minimum absolute atomic E-state index is 0.0946. The van der Waals surface area contributed by atoms with Crippen molar-refractivity contribution >= 4 is 17.4 Å². The number of carbonyl (C=O) groups excluding carboxylic acids is 1. The van der Waals surface area contributed by atoms with E-state index in [1.807, 2.05) is 55.5 Å². The van der Waals surface area contributed by atoms with Crippen LogP contribution in [0.25, 0.3) is 0 Å². The van der Waals surface area contributed by atoms with E-state index in [0.29, 0.717) is 5.56 Å². The molecule has 2 N–H and O–H groups in total. The van der Waals surface area contributed by atoms with Gasteiger partial charge in [-0.2, -0.15) is 0 Å². The number of nitrogens with one attached hydrogen (secondary N) is 2. The molecule has 0 aliphatic carbocycles. The molecule has 1 aliphatic heterocycles. The first-order valence-electron chi connectivity index (χ1n) is 6.99. The lowest BCUT2D eigenvalue weighted by molar-refractivity contribution is 0.102. The van der Waals surface area contributed by atoms with Crippen LogP contribution in [-0.2, 0) is 0 Å². The number of nitrogens with zero attached hydrogens (tertiary/aromatic N) is 1. The van der Waals surface area contributed by atoms with Crippen molar-refractivity contribution < 1.29 is 4.79 Å². The Kier molecular flexibility index (Phi) is 3.69. The Morgan fingerprint density at radius 1 is 1.19 bits per heavy atom. The quantitative estimate of drug-likeness (QED) is 0.907. The summed E-state index contributed by atoms with van der Waals surface area (Å²) in [6.07, 6.45) is 0. The van der Waals surface area contributed by atoms with Gasteiger partial charge in [0.25, 0.3) is 5.91 Å². The Hall–Kier alpha value is -2.62. The number of amidine groups is 1. The number of hydrogen-bond acceptors (Lipinski definition) is 3. The number of aliphatic imine (C=N–C) groups is 1. The van der Waals surface area contributed by atoms with Gasteiger partial charge in [0.2, 0.25) is 0 Å². The summed E-state index contributed by atoms with van der Waals surface area (Å²) in [5.74, 6) is 0.828. The van der Waals surface area contributed by atoms with Crippen molar-refractivity contribution in [3.8, 4) is 0 Å². The molecule has 0 bridgehead atoms. The first-order chi connectivity index (χ1) is 10.2. The van der Waals surface area contributed by atoms with Crippen molar-refractivity contribution in [2.75, 3.05) is 18.4 Å². The summed E-state index contributed by atoms with van der Waals surface area (Å²) in [5, 5.41) is 6.13. The van der Waals surface area contributed by atoms with Gasteiger partial charge in [-0.15, -0.1) is 0 Å². The van der Waals surface area contributed by atoms with Crippen LogP contribution in [0.2, 0.25) is 0 Å². The number of aryl methyl sites for hydroxylation is 1. The van der Waals surface area contributed by atoms with Gasteiger partial charge in [0.05, 0.1) is 6.54 Å². The largest absolute Gasteiger partial charge is 0.368 e. The minimum Gasteiger partial charge on any atom is -0.368 e. The summed E-state index contributed by atoms with van der Waals surface area (Å²) in [4.78, 5) is 16.5. The molecule has 0 saturated heterocycles. The van der Waals surface area contributed by atoms with Gasteiger partial charge in [-0.05, 0) is 43.3 Å². The molecule has 3 rings (SSSR count). The number of carbonyl (C=O) groups is 1. The lowest BCUT2D eigenvalue weighted by Gasteiger charge is -2.07. The van der Waals surface area contributed by atoms with E-state index < -0.39 is 0 Å². The molecule has 1 amide bonds. The Morgan fingerprint density at radius 3 is 2.67 bits per heavy atom. The predicted octanol–water partition coefficient (Wildman–Crippen LogP) is 2.60. The van der Waals surface area contributed by atoms with E-state index in [0.717, 1.165) is 35.7 Å². The fourth-order valence-corrected chi connectivity index (χ4v) is 2.29. The molecule has 0 spiro atoms. The van der Waals surface area contributed by atoms with Gasteiger partial charge in [-0.25, -0.2) is 0 Å². The maximum Gasteiger partial charge on any atom is 0.255 e. The van der Waals surface area contributed by atoms with Crippen LogP contribution in [0.5, 0.6) is 0 Å². The molecule has 4 nitrogen and oxygen atoms in total. The summed E-state index contributed by atoms with van der Waals surface area (Å²) in [6, 6.07) is 15.3. The molecule has 1 aliphatic rings. The number of hydrogen-bond donors (Lipinski definition) is 2. The monoisotopic (exact) mass is 279 g/mol. The summed E-state index contributed by atoms with van der Waals surface area (Å²) in [5.41, 5.74) is 3.56.